The van der Waals surface area contributed by atoms with Crippen LogP contribution in [0.3, 0.4) is 0 Å². The van der Waals surface area contributed by atoms with Crippen LogP contribution in [-0.2, 0) is 66.5 Å². The lowest BCUT2D eigenvalue weighted by Crippen LogP contribution is -2.77. The first kappa shape index (κ1) is 55.8. The van der Waals surface area contributed by atoms with Crippen LogP contribution >= 0.6 is 0 Å². The van der Waals surface area contributed by atoms with E-state index in [9.17, 15) is 24.3 Å². The first-order chi connectivity index (χ1) is 35.5. The van der Waals surface area contributed by atoms with Gasteiger partial charge in [-0.15, -0.1) is 0 Å². The van der Waals surface area contributed by atoms with Gasteiger partial charge in [-0.05, 0) is 69.4 Å². The molecule has 2 N–H and O–H groups in total. The summed E-state index contributed by atoms with van der Waals surface area (Å²) in [6.07, 6.45) is -6.94. The summed E-state index contributed by atoms with van der Waals surface area (Å²) in [6.45, 7) is 12.7. The van der Waals surface area contributed by atoms with Crippen molar-refractivity contribution in [1.29, 1.82) is 0 Å². The van der Waals surface area contributed by atoms with Crippen molar-refractivity contribution in [3.05, 3.63) is 82.9 Å². The molecule has 2 aromatic rings. The van der Waals surface area contributed by atoms with Gasteiger partial charge in [-0.25, -0.2) is 19.2 Å². The predicted molar refractivity (Wildman–Crippen MR) is 265 cm³/mol. The van der Waals surface area contributed by atoms with Crippen molar-refractivity contribution in [3.8, 4) is 0 Å². The number of fused-ring (bicyclic) bond motifs is 5. The van der Waals surface area contributed by atoms with E-state index in [0.29, 0.717) is 24.0 Å². The average molecular weight is 1050 g/mol. The topological polar surface area (TPSA) is 236 Å². The predicted octanol–water partition coefficient (Wildman–Crippen LogP) is 7.05. The molecule has 2 heterocycles. The van der Waals surface area contributed by atoms with Crippen molar-refractivity contribution in [2.24, 2.45) is 23.2 Å². The lowest BCUT2D eigenvalue weighted by Gasteiger charge is -2.63. The highest BCUT2D eigenvalue weighted by Gasteiger charge is 2.74. The first-order valence-electron chi connectivity index (χ1n) is 26.0. The summed E-state index contributed by atoms with van der Waals surface area (Å²) in [5, 5.41) is 16.9. The van der Waals surface area contributed by atoms with Gasteiger partial charge in [0.15, 0.2) is 17.2 Å². The summed E-state index contributed by atoms with van der Waals surface area (Å²) in [6, 6.07) is 14.9. The summed E-state index contributed by atoms with van der Waals surface area (Å²) in [4.78, 5) is 86.3. The average Bonchev–Trinajstić information content (AvgIpc) is 3.75. The Kier molecular flexibility index (Phi) is 16.3. The normalized spacial score (nSPS) is 32.6. The minimum Gasteiger partial charge on any atom is -0.455 e. The van der Waals surface area contributed by atoms with Crippen LogP contribution in [0.2, 0.25) is 0 Å². The molecule has 2 bridgehead atoms. The van der Waals surface area contributed by atoms with Crippen LogP contribution in [0.25, 0.3) is 0 Å². The standard InChI is InChI=1S/C56H73NO18/c1-31-38(70-49(61)46(43(34-20-14-11-15-21-34)57-50(62)75-52(4,5)6)71-51(63)67-28-36-29-69-54(74-36)24-18-13-19-25-54)27-56(64)47(72-48(60)35-22-16-12-17-23-35)42-40(32(2)44(59)45(66-10)41(31)53(56,7)8)37(65-9)26-39-55(42,30-68-39)73-33(3)58/h11-12,14-17,20-23,32,36-40,42-43,45-47,64H,13,18-19,24-30H2,1-10H3,(H,57,62)/t32-,36-,37-,38-,39+,40?,42+,43-,45+,46+,47-,55-,56?/m0/s1. The third-order valence-corrected chi connectivity index (χ3v) is 16.3. The zero-order valence-corrected chi connectivity index (χ0v) is 44.6. The monoisotopic (exact) mass is 1050 g/mol. The molecule has 0 radical (unpaired) electrons. The molecule has 1 amide bonds. The number of Topliss-reactive ketones (excluding diaryl/α,β-unsaturated/α-hetero) is 1. The number of hydrogen-bond acceptors (Lipinski definition) is 18. The van der Waals surface area contributed by atoms with Gasteiger partial charge in [0.25, 0.3) is 0 Å². The summed E-state index contributed by atoms with van der Waals surface area (Å²) >= 11 is 0. The fraction of sp³-hybridized carbons (Fsp3) is 0.643. The van der Waals surface area contributed by atoms with Crippen molar-refractivity contribution >= 4 is 35.9 Å². The molecular formula is C56H73NO18. The highest BCUT2D eigenvalue weighted by atomic mass is 16.8. The minimum absolute atomic E-state index is 0.138. The Labute approximate surface area is 437 Å². The second kappa shape index (κ2) is 21.9. The second-order valence-corrected chi connectivity index (χ2v) is 22.4. The van der Waals surface area contributed by atoms with E-state index < -0.39 is 137 Å². The largest absolute Gasteiger partial charge is 0.509 e. The van der Waals surface area contributed by atoms with Crippen LogP contribution in [0, 0.1) is 23.2 Å². The van der Waals surface area contributed by atoms with Crippen molar-refractivity contribution in [1.82, 2.24) is 5.32 Å². The lowest BCUT2D eigenvalue weighted by molar-refractivity contribution is -0.336. The molecule has 0 aromatic heterocycles. The van der Waals surface area contributed by atoms with Crippen LogP contribution in [0.4, 0.5) is 9.59 Å². The van der Waals surface area contributed by atoms with E-state index in [0.717, 1.165) is 19.3 Å². The smallest absolute Gasteiger partial charge is 0.455 e. The van der Waals surface area contributed by atoms with Crippen LogP contribution in [0.5, 0.6) is 0 Å². The Bertz CT molecular complexity index is 2470. The van der Waals surface area contributed by atoms with Crippen molar-refractivity contribution < 1.29 is 86.0 Å². The SMILES string of the molecule is CO[C@H]1C(=O)[C@@H](C)C2[C@@H](OC)C[C@H]3OC[C@@]3(OC(C)=O)[C@H]2[C@H](OC(=O)c2ccccc2)C2(O)C[C@H](OC(=O)[C@H](OC(=O)OC[C@H]3COC4(CCCCC4)O3)[C@@H](NC(=O)OC(C)(C)C)c3ccccc3)C(C)=C1C2(C)C. The van der Waals surface area contributed by atoms with E-state index >= 15 is 9.59 Å². The zero-order valence-electron chi connectivity index (χ0n) is 44.6. The number of esters is 3. The number of rotatable bonds is 13. The third kappa shape index (κ3) is 10.9. The summed E-state index contributed by atoms with van der Waals surface area (Å²) in [7, 11) is 2.84. The summed E-state index contributed by atoms with van der Waals surface area (Å²) < 4.78 is 67.3. The molecule has 1 spiro atoms. The number of amides is 1. The molecular weight excluding hydrogens is 975 g/mol. The molecule has 4 aliphatic carbocycles. The Hall–Kier alpha value is -5.44. The molecule has 2 saturated heterocycles. The number of nitrogens with one attached hydrogen (secondary N) is 1. The molecule has 19 nitrogen and oxygen atoms in total. The number of methoxy groups -OCH3 is 2. The van der Waals surface area contributed by atoms with Gasteiger partial charge in [0.1, 0.15) is 54.4 Å². The van der Waals surface area contributed by atoms with Crippen molar-refractivity contribution in [3.63, 3.8) is 0 Å². The van der Waals surface area contributed by atoms with Gasteiger partial charge in [-0.3, -0.25) is 9.59 Å². The van der Waals surface area contributed by atoms with E-state index in [4.69, 9.17) is 52.1 Å². The number of ether oxygens (including phenoxy) is 11. The van der Waals surface area contributed by atoms with Gasteiger partial charge in [0, 0.05) is 70.0 Å². The molecule has 2 aromatic carbocycles. The Balaban J connectivity index is 1.23. The van der Waals surface area contributed by atoms with Crippen molar-refractivity contribution in [2.45, 2.75) is 172 Å². The molecule has 2 unspecified atom stereocenters. The number of aliphatic hydroxyl groups is 1. The molecule has 5 fully saturated rings. The van der Waals surface area contributed by atoms with E-state index in [1.54, 1.807) is 109 Å². The fourth-order valence-corrected chi connectivity index (χ4v) is 12.6. The van der Waals surface area contributed by atoms with Gasteiger partial charge in [-0.2, -0.15) is 0 Å². The molecule has 410 valence electrons. The van der Waals surface area contributed by atoms with E-state index in [-0.39, 0.29) is 37.4 Å². The van der Waals surface area contributed by atoms with Crippen LogP contribution in [0.15, 0.2) is 71.8 Å². The molecule has 3 saturated carbocycles. The molecule has 8 rings (SSSR count). The Morgan fingerprint density at radius 3 is 2.19 bits per heavy atom. The zero-order chi connectivity index (χ0) is 54.3. The molecule has 13 atom stereocenters. The maximum absolute atomic E-state index is 15.4. The summed E-state index contributed by atoms with van der Waals surface area (Å²) in [5.74, 6) is -6.95. The second-order valence-electron chi connectivity index (χ2n) is 22.4. The van der Waals surface area contributed by atoms with Gasteiger partial charge < -0.3 is 62.5 Å². The Morgan fingerprint density at radius 1 is 0.920 bits per heavy atom. The number of benzene rings is 2. The highest BCUT2D eigenvalue weighted by molar-refractivity contribution is 5.91. The lowest BCUT2D eigenvalue weighted by atomic mass is 9.52. The van der Waals surface area contributed by atoms with E-state index in [1.165, 1.54) is 21.1 Å². The van der Waals surface area contributed by atoms with Crippen molar-refractivity contribution in [2.75, 3.05) is 34.0 Å². The first-order valence-corrected chi connectivity index (χ1v) is 26.0. The van der Waals surface area contributed by atoms with Gasteiger partial charge >= 0.3 is 30.2 Å². The van der Waals surface area contributed by atoms with Gasteiger partial charge in [0.05, 0.1) is 24.9 Å². The molecule has 19 heteroatoms. The minimum atomic E-state index is -2.31. The number of alkyl carbamates (subject to hydrolysis) is 1. The van der Waals surface area contributed by atoms with Gasteiger partial charge in [0.2, 0.25) is 6.10 Å². The van der Waals surface area contributed by atoms with Crippen LogP contribution in [0.1, 0.15) is 122 Å². The maximum atomic E-state index is 15.4. The quantitative estimate of drug-likeness (QED) is 0.116. The highest BCUT2D eigenvalue weighted by Crippen LogP contribution is 2.61. The molecule has 75 heavy (non-hydrogen) atoms. The number of carbonyl (C=O) groups excluding carboxylic acids is 6. The molecule has 6 aliphatic rings. The summed E-state index contributed by atoms with van der Waals surface area (Å²) in [5.41, 5.74) is -5.44. The molecule has 2 aliphatic heterocycles. The van der Waals surface area contributed by atoms with Crippen LogP contribution in [-0.4, -0.2) is 140 Å². The maximum Gasteiger partial charge on any atom is 0.509 e. The van der Waals surface area contributed by atoms with Crippen LogP contribution < -0.4 is 5.32 Å². The fourth-order valence-electron chi connectivity index (χ4n) is 12.6. The van der Waals surface area contributed by atoms with E-state index in [1.807, 2.05) is 0 Å². The number of ketones is 1. The van der Waals surface area contributed by atoms with Gasteiger partial charge in [-0.1, -0.05) is 75.7 Å². The number of hydrogen-bond donors (Lipinski definition) is 2. The Morgan fingerprint density at radius 2 is 1.59 bits per heavy atom. The number of carbonyl (C=O) groups is 6. The third-order valence-electron chi connectivity index (χ3n) is 16.3. The van der Waals surface area contributed by atoms with E-state index in [2.05, 4.69) is 5.32 Å².